The molecular formula is C22H25N. The summed E-state index contributed by atoms with van der Waals surface area (Å²) in [5, 5.41) is 0. The van der Waals surface area contributed by atoms with Crippen LogP contribution < -0.4 is 0 Å². The van der Waals surface area contributed by atoms with Gasteiger partial charge in [-0.2, -0.15) is 0 Å². The van der Waals surface area contributed by atoms with Gasteiger partial charge in [-0.1, -0.05) is 18.2 Å². The molecule has 0 spiro atoms. The topological polar surface area (TPSA) is 12.4 Å². The fraction of sp³-hybridized carbons (Fsp3) is 0.318. The Bertz CT molecular complexity index is 828. The lowest BCUT2D eigenvalue weighted by atomic mass is 9.88. The Balaban J connectivity index is 2.10. The van der Waals surface area contributed by atoms with E-state index < -0.39 is 0 Å². The predicted molar refractivity (Wildman–Crippen MR) is 101 cm³/mol. The van der Waals surface area contributed by atoms with E-state index in [0.29, 0.717) is 0 Å². The van der Waals surface area contributed by atoms with Crippen LogP contribution in [-0.4, -0.2) is 12.3 Å². The molecular weight excluding hydrogens is 278 g/mol. The second-order valence-electron chi connectivity index (χ2n) is 6.72. The van der Waals surface area contributed by atoms with Crippen molar-refractivity contribution in [2.24, 2.45) is 4.99 Å². The summed E-state index contributed by atoms with van der Waals surface area (Å²) in [7, 11) is 0. The van der Waals surface area contributed by atoms with E-state index >= 15 is 0 Å². The first-order chi connectivity index (χ1) is 10.9. The minimum absolute atomic E-state index is 0.781. The van der Waals surface area contributed by atoms with E-state index in [-0.39, 0.29) is 0 Å². The Labute approximate surface area is 139 Å². The lowest BCUT2D eigenvalue weighted by Gasteiger charge is -2.16. The third-order valence-corrected chi connectivity index (χ3v) is 5.35. The predicted octanol–water partition coefficient (Wildman–Crippen LogP) is 5.42. The van der Waals surface area contributed by atoms with Gasteiger partial charge in [-0.15, -0.1) is 0 Å². The van der Waals surface area contributed by atoms with Crippen LogP contribution in [0.3, 0.4) is 0 Å². The van der Waals surface area contributed by atoms with Crippen molar-refractivity contribution in [2.75, 3.05) is 6.54 Å². The van der Waals surface area contributed by atoms with E-state index in [4.69, 9.17) is 4.99 Å². The van der Waals surface area contributed by atoms with Crippen molar-refractivity contribution in [1.29, 1.82) is 0 Å². The van der Waals surface area contributed by atoms with Crippen molar-refractivity contribution in [3.8, 4) is 0 Å². The van der Waals surface area contributed by atoms with Crippen LogP contribution >= 0.6 is 0 Å². The number of aryl methyl sites for hydroxylation is 3. The Morgan fingerprint density at radius 2 is 1.39 bits per heavy atom. The van der Waals surface area contributed by atoms with E-state index in [2.05, 4.69) is 71.9 Å². The summed E-state index contributed by atoms with van der Waals surface area (Å²) in [6.07, 6.45) is 2.26. The largest absolute Gasteiger partial charge is 0.280 e. The molecule has 0 bridgehead atoms. The van der Waals surface area contributed by atoms with Crippen molar-refractivity contribution >= 4 is 11.3 Å². The number of rotatable bonds is 2. The van der Waals surface area contributed by atoms with Gasteiger partial charge in [0.2, 0.25) is 0 Å². The molecule has 0 unspecified atom stereocenters. The summed E-state index contributed by atoms with van der Waals surface area (Å²) in [6, 6.07) is 9.02. The zero-order chi connectivity index (χ0) is 16.7. The van der Waals surface area contributed by atoms with Crippen LogP contribution in [0.15, 0.2) is 35.3 Å². The smallest absolute Gasteiger partial charge is 0.0726 e. The lowest BCUT2D eigenvalue weighted by Crippen LogP contribution is -2.06. The highest BCUT2D eigenvalue weighted by atomic mass is 14.8. The molecule has 118 valence electrons. The van der Waals surface area contributed by atoms with E-state index in [1.54, 1.807) is 0 Å². The number of hydrogen-bond acceptors (Lipinski definition) is 1. The van der Waals surface area contributed by atoms with Crippen LogP contribution in [0.4, 0.5) is 0 Å². The summed E-state index contributed by atoms with van der Waals surface area (Å²) in [6.45, 7) is 14.0. The van der Waals surface area contributed by atoms with Gasteiger partial charge in [0.05, 0.1) is 12.3 Å². The maximum atomic E-state index is 4.79. The highest BCUT2D eigenvalue weighted by Crippen LogP contribution is 2.30. The van der Waals surface area contributed by atoms with Crippen LogP contribution in [0.5, 0.6) is 0 Å². The monoisotopic (exact) mass is 303 g/mol. The standard InChI is InChI=1S/C22H25N/c1-13-7-8-20(18(6)17(13)5)21-9-10-23-22(21)19-11-14(2)16(4)15(3)12-19/h7-9,11-12H,10H2,1-6H3. The van der Waals surface area contributed by atoms with Gasteiger partial charge < -0.3 is 0 Å². The molecule has 3 rings (SSSR count). The summed E-state index contributed by atoms with van der Waals surface area (Å²) in [5.41, 5.74) is 13.1. The number of benzene rings is 2. The van der Waals surface area contributed by atoms with Crippen LogP contribution in [0.2, 0.25) is 0 Å². The highest BCUT2D eigenvalue weighted by Gasteiger charge is 2.19. The van der Waals surface area contributed by atoms with Gasteiger partial charge in [0.1, 0.15) is 0 Å². The summed E-state index contributed by atoms with van der Waals surface area (Å²) in [4.78, 5) is 4.79. The van der Waals surface area contributed by atoms with Gasteiger partial charge in [-0.05, 0) is 92.6 Å². The molecule has 23 heavy (non-hydrogen) atoms. The van der Waals surface area contributed by atoms with Gasteiger partial charge in [0.25, 0.3) is 0 Å². The average Bonchev–Trinajstić information content (AvgIpc) is 2.99. The molecule has 1 aliphatic heterocycles. The Morgan fingerprint density at radius 3 is 2.04 bits per heavy atom. The molecule has 0 N–H and O–H groups in total. The minimum atomic E-state index is 0.781. The summed E-state index contributed by atoms with van der Waals surface area (Å²) >= 11 is 0. The Kier molecular flexibility index (Phi) is 3.97. The van der Waals surface area contributed by atoms with Crippen LogP contribution in [-0.2, 0) is 0 Å². The third-order valence-electron chi connectivity index (χ3n) is 5.35. The second-order valence-corrected chi connectivity index (χ2v) is 6.72. The summed E-state index contributed by atoms with van der Waals surface area (Å²) < 4.78 is 0. The van der Waals surface area contributed by atoms with Crippen molar-refractivity contribution < 1.29 is 0 Å². The van der Waals surface area contributed by atoms with E-state index in [0.717, 1.165) is 12.3 Å². The molecule has 2 aromatic rings. The van der Waals surface area contributed by atoms with E-state index in [1.165, 1.54) is 50.1 Å². The maximum absolute atomic E-state index is 4.79. The molecule has 2 aromatic carbocycles. The molecule has 0 saturated heterocycles. The van der Waals surface area contributed by atoms with Crippen LogP contribution in [0.1, 0.15) is 44.5 Å². The van der Waals surface area contributed by atoms with Crippen LogP contribution in [0.25, 0.3) is 5.57 Å². The molecule has 0 saturated carbocycles. The Morgan fingerprint density at radius 1 is 0.739 bits per heavy atom. The second kappa shape index (κ2) is 5.81. The zero-order valence-corrected chi connectivity index (χ0v) is 15.0. The van der Waals surface area contributed by atoms with Gasteiger partial charge in [0, 0.05) is 11.1 Å². The van der Waals surface area contributed by atoms with Gasteiger partial charge in [-0.25, -0.2) is 0 Å². The Hall–Kier alpha value is -2.15. The number of allylic oxidation sites excluding steroid dienone is 1. The first-order valence-electron chi connectivity index (χ1n) is 8.30. The normalized spacial score (nSPS) is 14.0. The van der Waals surface area contributed by atoms with Crippen LogP contribution in [0, 0.1) is 41.5 Å². The number of hydrogen-bond donors (Lipinski definition) is 0. The fourth-order valence-electron chi connectivity index (χ4n) is 3.31. The maximum Gasteiger partial charge on any atom is 0.0726 e. The van der Waals surface area contributed by atoms with Crippen molar-refractivity contribution in [1.82, 2.24) is 0 Å². The highest BCUT2D eigenvalue weighted by molar-refractivity contribution is 6.33. The fourth-order valence-corrected chi connectivity index (χ4v) is 3.31. The van der Waals surface area contributed by atoms with Gasteiger partial charge in [0.15, 0.2) is 0 Å². The number of aliphatic imine (C=N–C) groups is 1. The zero-order valence-electron chi connectivity index (χ0n) is 15.0. The summed E-state index contributed by atoms with van der Waals surface area (Å²) in [5.74, 6) is 0. The van der Waals surface area contributed by atoms with E-state index in [9.17, 15) is 0 Å². The first-order valence-corrected chi connectivity index (χ1v) is 8.30. The van der Waals surface area contributed by atoms with Crippen molar-refractivity contribution in [3.63, 3.8) is 0 Å². The number of nitrogens with zero attached hydrogens (tertiary/aromatic N) is 1. The molecule has 0 radical (unpaired) electrons. The van der Waals surface area contributed by atoms with E-state index in [1.807, 2.05) is 0 Å². The van der Waals surface area contributed by atoms with Crippen molar-refractivity contribution in [2.45, 2.75) is 41.5 Å². The molecule has 0 aromatic heterocycles. The molecule has 0 fully saturated rings. The average molecular weight is 303 g/mol. The molecule has 1 heteroatoms. The SMILES string of the molecule is Cc1cc(C2=NCC=C2c2ccc(C)c(C)c2C)cc(C)c1C. The third kappa shape index (κ3) is 2.65. The minimum Gasteiger partial charge on any atom is -0.280 e. The molecule has 0 aliphatic carbocycles. The quantitative estimate of drug-likeness (QED) is 0.702. The molecule has 0 atom stereocenters. The van der Waals surface area contributed by atoms with Crippen molar-refractivity contribution in [3.05, 3.63) is 74.8 Å². The van der Waals surface area contributed by atoms with Gasteiger partial charge >= 0.3 is 0 Å². The molecule has 1 heterocycles. The lowest BCUT2D eigenvalue weighted by molar-refractivity contribution is 1.25. The molecule has 1 aliphatic rings. The molecule has 0 amide bonds. The van der Waals surface area contributed by atoms with Gasteiger partial charge in [-0.3, -0.25) is 4.99 Å². The first kappa shape index (κ1) is 15.7. The molecule has 1 nitrogen and oxygen atoms in total.